The largest absolute Gasteiger partial charge is 0.506 e. The van der Waals surface area contributed by atoms with Crippen LogP contribution in [0.1, 0.15) is 23.8 Å². The second-order valence-electron chi connectivity index (χ2n) is 3.53. The van der Waals surface area contributed by atoms with Gasteiger partial charge >= 0.3 is 0 Å². The minimum Gasteiger partial charge on any atom is -0.506 e. The number of aromatic nitrogens is 1. The summed E-state index contributed by atoms with van der Waals surface area (Å²) in [4.78, 5) is 4.03. The average molecular weight is 193 g/mol. The monoisotopic (exact) mass is 193 g/mol. The first kappa shape index (κ1) is 9.43. The molecule has 3 N–H and O–H groups in total. The summed E-state index contributed by atoms with van der Waals surface area (Å²) in [6.45, 7) is 3.78. The molecule has 2 rings (SSSR count). The molecule has 0 aliphatic carbocycles. The molecule has 1 aromatic heterocycles. The van der Waals surface area contributed by atoms with Gasteiger partial charge in [-0.15, -0.1) is 0 Å². The Morgan fingerprint density at radius 2 is 2.14 bits per heavy atom. The minimum absolute atomic E-state index is 0.0606. The van der Waals surface area contributed by atoms with E-state index in [-0.39, 0.29) is 6.17 Å². The smallest absolute Gasteiger partial charge is 0.142 e. The molecule has 0 bridgehead atoms. The van der Waals surface area contributed by atoms with Crippen molar-refractivity contribution in [1.82, 2.24) is 15.6 Å². The van der Waals surface area contributed by atoms with Crippen LogP contribution in [0.5, 0.6) is 5.75 Å². The maximum absolute atomic E-state index is 9.81. The molecule has 2 heterocycles. The second kappa shape index (κ2) is 3.94. The van der Waals surface area contributed by atoms with Crippen LogP contribution < -0.4 is 10.6 Å². The summed E-state index contributed by atoms with van der Waals surface area (Å²) in [6.07, 6.45) is 2.91. The van der Waals surface area contributed by atoms with Gasteiger partial charge in [0, 0.05) is 11.8 Å². The third-order valence-corrected chi connectivity index (χ3v) is 2.50. The van der Waals surface area contributed by atoms with Gasteiger partial charge in [0.1, 0.15) is 5.75 Å². The summed E-state index contributed by atoms with van der Waals surface area (Å²) in [5.74, 6) is 0.291. The number of nitrogens with one attached hydrogen (secondary N) is 2. The molecule has 0 radical (unpaired) electrons. The average Bonchev–Trinajstić information content (AvgIpc) is 2.23. The molecular weight excluding hydrogens is 178 g/mol. The van der Waals surface area contributed by atoms with Crippen molar-refractivity contribution in [3.63, 3.8) is 0 Å². The van der Waals surface area contributed by atoms with E-state index in [1.807, 2.05) is 13.0 Å². The van der Waals surface area contributed by atoms with Crippen molar-refractivity contribution in [2.24, 2.45) is 0 Å². The van der Waals surface area contributed by atoms with Gasteiger partial charge in [-0.1, -0.05) is 0 Å². The Labute approximate surface area is 83.4 Å². The Bertz CT molecular complexity index is 321. The Morgan fingerprint density at radius 3 is 2.86 bits per heavy atom. The highest BCUT2D eigenvalue weighted by Crippen LogP contribution is 2.25. The summed E-state index contributed by atoms with van der Waals surface area (Å²) < 4.78 is 0. The third-order valence-electron chi connectivity index (χ3n) is 2.50. The molecule has 14 heavy (non-hydrogen) atoms. The Morgan fingerprint density at radius 1 is 1.43 bits per heavy atom. The number of nitrogens with zero attached hydrogens (tertiary/aromatic N) is 1. The van der Waals surface area contributed by atoms with E-state index in [0.29, 0.717) is 11.4 Å². The maximum atomic E-state index is 9.81. The Balaban J connectivity index is 2.26. The van der Waals surface area contributed by atoms with E-state index in [9.17, 15) is 5.11 Å². The number of aryl methyl sites for hydroxylation is 1. The Kier molecular flexibility index (Phi) is 2.65. The number of hydrogen-bond donors (Lipinski definition) is 3. The summed E-state index contributed by atoms with van der Waals surface area (Å²) >= 11 is 0. The van der Waals surface area contributed by atoms with Crippen LogP contribution in [0, 0.1) is 6.92 Å². The Hall–Kier alpha value is -1.13. The van der Waals surface area contributed by atoms with Crippen molar-refractivity contribution < 1.29 is 5.11 Å². The molecule has 1 aliphatic heterocycles. The maximum Gasteiger partial charge on any atom is 0.142 e. The molecule has 0 unspecified atom stereocenters. The van der Waals surface area contributed by atoms with Crippen LogP contribution >= 0.6 is 0 Å². The van der Waals surface area contributed by atoms with Gasteiger partial charge in [-0.05, 0) is 32.5 Å². The molecule has 0 spiro atoms. The van der Waals surface area contributed by atoms with Crippen LogP contribution in [0.25, 0.3) is 0 Å². The SMILES string of the molecule is Cc1nccc(C2NCCCN2)c1O. The van der Waals surface area contributed by atoms with Gasteiger partial charge in [-0.25, -0.2) is 0 Å². The highest BCUT2D eigenvalue weighted by Gasteiger charge is 2.17. The van der Waals surface area contributed by atoms with Crippen LogP contribution in [0.3, 0.4) is 0 Å². The molecule has 1 saturated heterocycles. The fourth-order valence-corrected chi connectivity index (χ4v) is 1.68. The molecule has 4 heteroatoms. The highest BCUT2D eigenvalue weighted by molar-refractivity contribution is 5.36. The number of rotatable bonds is 1. The van der Waals surface area contributed by atoms with E-state index in [0.717, 1.165) is 25.1 Å². The second-order valence-corrected chi connectivity index (χ2v) is 3.53. The lowest BCUT2D eigenvalue weighted by atomic mass is 10.1. The summed E-state index contributed by atoms with van der Waals surface area (Å²) in [5, 5.41) is 16.4. The molecule has 0 amide bonds. The standard InChI is InChI=1S/C10H15N3O/c1-7-9(14)8(3-6-11-7)10-12-4-2-5-13-10/h3,6,10,12-14H,2,4-5H2,1H3. The van der Waals surface area contributed by atoms with Crippen molar-refractivity contribution in [3.05, 3.63) is 23.5 Å². The zero-order chi connectivity index (χ0) is 9.97. The van der Waals surface area contributed by atoms with Gasteiger partial charge in [0.25, 0.3) is 0 Å². The lowest BCUT2D eigenvalue weighted by Crippen LogP contribution is -2.41. The van der Waals surface area contributed by atoms with Gasteiger partial charge in [0.2, 0.25) is 0 Å². The molecule has 1 aromatic rings. The normalized spacial score (nSPS) is 18.4. The van der Waals surface area contributed by atoms with Crippen LogP contribution in [-0.2, 0) is 0 Å². The number of aromatic hydroxyl groups is 1. The van der Waals surface area contributed by atoms with E-state index in [2.05, 4.69) is 15.6 Å². The number of hydrogen-bond acceptors (Lipinski definition) is 4. The van der Waals surface area contributed by atoms with Crippen molar-refractivity contribution in [3.8, 4) is 5.75 Å². The first-order valence-corrected chi connectivity index (χ1v) is 4.90. The van der Waals surface area contributed by atoms with Gasteiger partial charge in [0.05, 0.1) is 11.9 Å². The quantitative estimate of drug-likeness (QED) is 0.614. The van der Waals surface area contributed by atoms with E-state index >= 15 is 0 Å². The van der Waals surface area contributed by atoms with E-state index in [1.54, 1.807) is 6.20 Å². The molecular formula is C10H15N3O. The first-order chi connectivity index (χ1) is 6.79. The number of pyridine rings is 1. The summed E-state index contributed by atoms with van der Waals surface area (Å²) in [6, 6.07) is 1.85. The van der Waals surface area contributed by atoms with Crippen LogP contribution in [0.2, 0.25) is 0 Å². The zero-order valence-electron chi connectivity index (χ0n) is 8.25. The lowest BCUT2D eigenvalue weighted by Gasteiger charge is -2.26. The molecule has 1 aliphatic rings. The zero-order valence-corrected chi connectivity index (χ0v) is 8.25. The molecule has 0 saturated carbocycles. The fraction of sp³-hybridized carbons (Fsp3) is 0.500. The van der Waals surface area contributed by atoms with Crippen molar-refractivity contribution in [2.45, 2.75) is 19.5 Å². The molecule has 4 nitrogen and oxygen atoms in total. The predicted molar refractivity (Wildman–Crippen MR) is 54.0 cm³/mol. The van der Waals surface area contributed by atoms with Crippen molar-refractivity contribution >= 4 is 0 Å². The summed E-state index contributed by atoms with van der Waals surface area (Å²) in [7, 11) is 0. The fourth-order valence-electron chi connectivity index (χ4n) is 1.68. The lowest BCUT2D eigenvalue weighted by molar-refractivity contribution is 0.362. The van der Waals surface area contributed by atoms with E-state index in [4.69, 9.17) is 0 Å². The van der Waals surface area contributed by atoms with Gasteiger partial charge in [-0.3, -0.25) is 15.6 Å². The van der Waals surface area contributed by atoms with Crippen LogP contribution in [0.4, 0.5) is 0 Å². The highest BCUT2D eigenvalue weighted by atomic mass is 16.3. The molecule has 0 aromatic carbocycles. The van der Waals surface area contributed by atoms with Crippen LogP contribution in [0.15, 0.2) is 12.3 Å². The van der Waals surface area contributed by atoms with Gasteiger partial charge in [0.15, 0.2) is 0 Å². The van der Waals surface area contributed by atoms with Crippen LogP contribution in [-0.4, -0.2) is 23.2 Å². The van der Waals surface area contributed by atoms with Gasteiger partial charge < -0.3 is 5.11 Å². The minimum atomic E-state index is 0.0606. The van der Waals surface area contributed by atoms with Gasteiger partial charge in [-0.2, -0.15) is 0 Å². The molecule has 0 atom stereocenters. The van der Waals surface area contributed by atoms with E-state index in [1.165, 1.54) is 0 Å². The third kappa shape index (κ3) is 1.71. The molecule has 76 valence electrons. The van der Waals surface area contributed by atoms with E-state index < -0.39 is 0 Å². The first-order valence-electron chi connectivity index (χ1n) is 4.90. The van der Waals surface area contributed by atoms with Crippen molar-refractivity contribution in [1.29, 1.82) is 0 Å². The molecule has 1 fully saturated rings. The topological polar surface area (TPSA) is 57.2 Å². The van der Waals surface area contributed by atoms with Crippen molar-refractivity contribution in [2.75, 3.05) is 13.1 Å². The predicted octanol–water partition coefficient (Wildman–Crippen LogP) is 0.677. The summed E-state index contributed by atoms with van der Waals surface area (Å²) in [5.41, 5.74) is 1.56.